The van der Waals surface area contributed by atoms with Crippen LogP contribution in [-0.4, -0.2) is 10.1 Å². The molecule has 1 rings (SSSR count). The first-order valence-corrected chi connectivity index (χ1v) is 3.50. The number of thioether (sulfide) groups is 1. The molecular formula is C4H4S2. The minimum Gasteiger partial charge on any atom is -0.145 e. The summed E-state index contributed by atoms with van der Waals surface area (Å²) in [6.45, 7) is 0. The summed E-state index contributed by atoms with van der Waals surface area (Å²) in [7, 11) is 1.72. The minimum atomic E-state index is 1.72. The van der Waals surface area contributed by atoms with Gasteiger partial charge in [0.15, 0.2) is 0 Å². The number of hydrogen-bond donors (Lipinski definition) is 0. The molecule has 0 bridgehead atoms. The molecule has 2 heteroatoms. The first-order chi connectivity index (χ1) is 3.00. The third kappa shape index (κ3) is 1.03. The van der Waals surface area contributed by atoms with E-state index in [0.29, 0.717) is 0 Å². The lowest BCUT2D eigenvalue weighted by atomic mass is 10.8. The van der Waals surface area contributed by atoms with Gasteiger partial charge in [-0.2, -0.15) is 0 Å². The highest BCUT2D eigenvalue weighted by molar-refractivity contribution is 8.26. The Balaban J connectivity index is 2.78. The zero-order chi connectivity index (χ0) is 4.24. The van der Waals surface area contributed by atoms with Crippen molar-refractivity contribution in [2.45, 2.75) is 0 Å². The van der Waals surface area contributed by atoms with Crippen molar-refractivity contribution in [2.24, 2.45) is 0 Å². The molecule has 0 spiro atoms. The predicted octanol–water partition coefficient (Wildman–Crippen LogP) is 1.54. The Bertz CT molecular complexity index is 118. The normalized spacial score (nSPS) is 17.3. The molecule has 0 N–H and O–H groups in total. The van der Waals surface area contributed by atoms with E-state index in [1.165, 1.54) is 0 Å². The molecule has 0 aromatic carbocycles. The Morgan fingerprint density at radius 3 is 2.50 bits per heavy atom. The molecule has 0 unspecified atom stereocenters. The van der Waals surface area contributed by atoms with Crippen molar-refractivity contribution in [3.05, 3.63) is 11.5 Å². The van der Waals surface area contributed by atoms with Crippen LogP contribution >= 0.6 is 22.7 Å². The summed E-state index contributed by atoms with van der Waals surface area (Å²) < 4.78 is 2.08. The number of allylic oxidation sites excluding steroid dienone is 1. The van der Waals surface area contributed by atoms with Crippen molar-refractivity contribution in [2.75, 3.05) is 0 Å². The fourth-order valence-corrected chi connectivity index (χ4v) is 1.43. The van der Waals surface area contributed by atoms with Gasteiger partial charge >= 0.3 is 0 Å². The van der Waals surface area contributed by atoms with Gasteiger partial charge in [0.1, 0.15) is 0 Å². The molecule has 0 atom stereocenters. The molecule has 0 radical (unpaired) electrons. The van der Waals surface area contributed by atoms with Crippen LogP contribution in [0.1, 0.15) is 0 Å². The summed E-state index contributed by atoms with van der Waals surface area (Å²) in [5.74, 6) is 0. The van der Waals surface area contributed by atoms with E-state index in [2.05, 4.69) is 15.5 Å². The van der Waals surface area contributed by atoms with Gasteiger partial charge in [0.05, 0.1) is 0 Å². The first kappa shape index (κ1) is 4.22. The highest BCUT2D eigenvalue weighted by atomic mass is 32.2. The highest BCUT2D eigenvalue weighted by Crippen LogP contribution is 1.99. The molecule has 0 saturated heterocycles. The second-order valence-corrected chi connectivity index (χ2v) is 2.69. The molecule has 0 fully saturated rings. The van der Waals surface area contributed by atoms with Crippen molar-refractivity contribution >= 4 is 32.8 Å². The van der Waals surface area contributed by atoms with Gasteiger partial charge in [0.2, 0.25) is 0 Å². The van der Waals surface area contributed by atoms with E-state index < -0.39 is 0 Å². The summed E-state index contributed by atoms with van der Waals surface area (Å²) >= 11 is 1.72. The molecule has 1 heterocycles. The van der Waals surface area contributed by atoms with E-state index >= 15 is 0 Å². The van der Waals surface area contributed by atoms with Crippen molar-refractivity contribution < 1.29 is 0 Å². The van der Waals surface area contributed by atoms with E-state index in [1.54, 1.807) is 22.7 Å². The van der Waals surface area contributed by atoms with Gasteiger partial charge in [-0.3, -0.25) is 0 Å². The average molecular weight is 116 g/mol. The Morgan fingerprint density at radius 1 is 1.33 bits per heavy atom. The van der Waals surface area contributed by atoms with Gasteiger partial charge in [0.25, 0.3) is 0 Å². The second kappa shape index (κ2) is 2.26. The molecular weight excluding hydrogens is 112 g/mol. The smallest absolute Gasteiger partial charge is 0.0278 e. The summed E-state index contributed by atoms with van der Waals surface area (Å²) in [5, 5.41) is 4.10. The van der Waals surface area contributed by atoms with Crippen LogP contribution in [-0.2, 0) is 0 Å². The average Bonchev–Trinajstić information content (AvgIpc) is 1.72. The largest absolute Gasteiger partial charge is 0.145 e. The maximum Gasteiger partial charge on any atom is 0.0278 e. The van der Waals surface area contributed by atoms with E-state index in [0.717, 1.165) is 0 Å². The zero-order valence-corrected chi connectivity index (χ0v) is 4.76. The lowest BCUT2D eigenvalue weighted by molar-refractivity contribution is 2.48. The van der Waals surface area contributed by atoms with E-state index in [4.69, 9.17) is 0 Å². The highest BCUT2D eigenvalue weighted by Gasteiger charge is 1.69. The SMILES string of the molecule is C1=CSC=S=C1. The lowest BCUT2D eigenvalue weighted by Gasteiger charge is -1.78. The monoisotopic (exact) mass is 116 g/mol. The molecule has 0 aromatic rings. The van der Waals surface area contributed by atoms with Gasteiger partial charge < -0.3 is 0 Å². The molecule has 0 aliphatic carbocycles. The van der Waals surface area contributed by atoms with Crippen LogP contribution in [0.4, 0.5) is 0 Å². The van der Waals surface area contributed by atoms with Crippen LogP contribution in [0, 0.1) is 0 Å². The second-order valence-electron chi connectivity index (χ2n) is 0.833. The lowest BCUT2D eigenvalue weighted by Crippen LogP contribution is -1.59. The van der Waals surface area contributed by atoms with Crippen LogP contribution in [0.15, 0.2) is 11.5 Å². The standard InChI is InChI=1S/C4H4S2/c1-2-5-4-6-3-1/h1-4H. The van der Waals surface area contributed by atoms with Crippen LogP contribution in [0.2, 0.25) is 0 Å². The fourth-order valence-electron chi connectivity index (χ4n) is 0.219. The molecule has 6 heavy (non-hydrogen) atoms. The van der Waals surface area contributed by atoms with E-state index in [9.17, 15) is 0 Å². The predicted molar refractivity (Wildman–Crippen MR) is 36.5 cm³/mol. The van der Waals surface area contributed by atoms with Crippen LogP contribution in [0.25, 0.3) is 0 Å². The topological polar surface area (TPSA) is 0 Å². The maximum atomic E-state index is 2.08. The summed E-state index contributed by atoms with van der Waals surface area (Å²) in [5.41, 5.74) is 0. The van der Waals surface area contributed by atoms with Crippen molar-refractivity contribution in [3.8, 4) is 0 Å². The molecule has 32 valence electrons. The summed E-state index contributed by atoms with van der Waals surface area (Å²) in [6, 6.07) is 0. The third-order valence-corrected chi connectivity index (χ3v) is 1.94. The van der Waals surface area contributed by atoms with E-state index in [1.807, 2.05) is 6.08 Å². The minimum absolute atomic E-state index is 1.72. The Labute approximate surface area is 44.8 Å². The van der Waals surface area contributed by atoms with Gasteiger partial charge in [-0.25, -0.2) is 0 Å². The van der Waals surface area contributed by atoms with Crippen LogP contribution in [0.3, 0.4) is 0 Å². The summed E-state index contributed by atoms with van der Waals surface area (Å²) in [4.78, 5) is 0. The van der Waals surface area contributed by atoms with Crippen molar-refractivity contribution in [1.29, 1.82) is 0 Å². The summed E-state index contributed by atoms with van der Waals surface area (Å²) in [6.07, 6.45) is 2.04. The number of hydrogen-bond acceptors (Lipinski definition) is 1. The van der Waals surface area contributed by atoms with Gasteiger partial charge in [-0.15, -0.1) is 10.9 Å². The third-order valence-electron chi connectivity index (χ3n) is 0.425. The first-order valence-electron chi connectivity index (χ1n) is 1.61. The van der Waals surface area contributed by atoms with Crippen molar-refractivity contribution in [1.82, 2.24) is 0 Å². The number of rotatable bonds is 0. The van der Waals surface area contributed by atoms with Crippen LogP contribution in [0.5, 0.6) is 0 Å². The zero-order valence-electron chi connectivity index (χ0n) is 3.13. The van der Waals surface area contributed by atoms with E-state index in [-0.39, 0.29) is 0 Å². The molecule has 0 nitrogen and oxygen atoms in total. The molecule has 1 aliphatic rings. The van der Waals surface area contributed by atoms with Gasteiger partial charge in [-0.1, -0.05) is 11.8 Å². The van der Waals surface area contributed by atoms with Crippen molar-refractivity contribution in [3.63, 3.8) is 0 Å². The molecule has 0 saturated carbocycles. The Kier molecular flexibility index (Phi) is 1.59. The Hall–Kier alpha value is 0.0500. The van der Waals surface area contributed by atoms with Gasteiger partial charge in [0, 0.05) is 4.70 Å². The van der Waals surface area contributed by atoms with Crippen LogP contribution < -0.4 is 0 Å². The fraction of sp³-hybridized carbons (Fsp3) is 0. The quantitative estimate of drug-likeness (QED) is 0.433. The molecule has 1 aliphatic heterocycles. The molecule has 0 amide bonds. The molecule has 0 aromatic heterocycles. The maximum absolute atomic E-state index is 2.08. The van der Waals surface area contributed by atoms with Gasteiger partial charge in [-0.05, 0) is 16.9 Å². The Morgan fingerprint density at radius 2 is 2.33 bits per heavy atom.